The molecule has 0 radical (unpaired) electrons. The second kappa shape index (κ2) is 6.70. The van der Waals surface area contributed by atoms with Crippen LogP contribution in [0.4, 0.5) is 11.6 Å². The molecule has 1 aromatic heterocycles. The van der Waals surface area contributed by atoms with E-state index in [-0.39, 0.29) is 6.10 Å². The van der Waals surface area contributed by atoms with Gasteiger partial charge >= 0.3 is 0 Å². The first-order valence-corrected chi connectivity index (χ1v) is 7.23. The molecular weight excluding hydrogens is 240 g/mol. The largest absolute Gasteiger partial charge is 0.376 e. The van der Waals surface area contributed by atoms with Gasteiger partial charge in [-0.25, -0.2) is 9.97 Å². The molecule has 0 spiro atoms. The highest BCUT2D eigenvalue weighted by Crippen LogP contribution is 2.19. The summed E-state index contributed by atoms with van der Waals surface area (Å²) in [6.45, 7) is 8.01. The third kappa shape index (κ3) is 3.80. The predicted molar refractivity (Wildman–Crippen MR) is 77.6 cm³/mol. The van der Waals surface area contributed by atoms with Gasteiger partial charge in [0.25, 0.3) is 0 Å². The van der Waals surface area contributed by atoms with E-state index in [0.29, 0.717) is 6.04 Å². The maximum Gasteiger partial charge on any atom is 0.133 e. The molecule has 0 saturated carbocycles. The molecule has 2 rings (SSSR count). The van der Waals surface area contributed by atoms with Crippen molar-refractivity contribution in [1.82, 2.24) is 9.97 Å². The molecule has 2 heterocycles. The van der Waals surface area contributed by atoms with Crippen LogP contribution in [0.5, 0.6) is 0 Å². The van der Waals surface area contributed by atoms with E-state index in [1.54, 1.807) is 0 Å². The van der Waals surface area contributed by atoms with Crippen LogP contribution in [0, 0.1) is 0 Å². The fourth-order valence-electron chi connectivity index (χ4n) is 2.29. The average Bonchev–Trinajstić information content (AvgIpc) is 2.76. The van der Waals surface area contributed by atoms with Crippen LogP contribution >= 0.6 is 0 Å². The highest BCUT2D eigenvalue weighted by atomic mass is 16.5. The lowest BCUT2D eigenvalue weighted by atomic mass is 10.1. The van der Waals surface area contributed by atoms with Gasteiger partial charge in [-0.05, 0) is 26.7 Å². The summed E-state index contributed by atoms with van der Waals surface area (Å²) in [6.07, 6.45) is 3.24. The van der Waals surface area contributed by atoms with Crippen LogP contribution in [0.25, 0.3) is 0 Å². The van der Waals surface area contributed by atoms with Crippen molar-refractivity contribution in [2.24, 2.45) is 0 Å². The second-order valence-electron chi connectivity index (χ2n) is 4.95. The van der Waals surface area contributed by atoms with E-state index in [2.05, 4.69) is 41.4 Å². The Morgan fingerprint density at radius 3 is 2.74 bits per heavy atom. The van der Waals surface area contributed by atoms with Gasteiger partial charge < -0.3 is 15.4 Å². The average molecular weight is 264 g/mol. The number of nitrogens with zero attached hydrogens (tertiary/aromatic N) is 2. The monoisotopic (exact) mass is 264 g/mol. The second-order valence-corrected chi connectivity index (χ2v) is 4.95. The number of anilines is 2. The molecule has 2 N–H and O–H groups in total. The Balaban J connectivity index is 2.13. The lowest BCUT2D eigenvalue weighted by Gasteiger charge is -2.17. The Hall–Kier alpha value is -1.36. The quantitative estimate of drug-likeness (QED) is 0.826. The summed E-state index contributed by atoms with van der Waals surface area (Å²) in [7, 11) is 0. The number of nitrogens with one attached hydrogen (secondary N) is 2. The van der Waals surface area contributed by atoms with E-state index in [0.717, 1.165) is 49.9 Å². The SMILES string of the molecule is CCCc1nc(NCC)cc(NC2CCOC2C)n1. The van der Waals surface area contributed by atoms with Crippen molar-refractivity contribution in [2.45, 2.75) is 52.2 Å². The lowest BCUT2D eigenvalue weighted by Crippen LogP contribution is -2.27. The minimum Gasteiger partial charge on any atom is -0.376 e. The molecule has 0 amide bonds. The number of hydrogen-bond acceptors (Lipinski definition) is 5. The first kappa shape index (κ1) is 14.1. The van der Waals surface area contributed by atoms with Gasteiger partial charge in [0.2, 0.25) is 0 Å². The molecule has 0 aromatic carbocycles. The fraction of sp³-hybridized carbons (Fsp3) is 0.714. The Morgan fingerprint density at radius 2 is 2.11 bits per heavy atom. The maximum atomic E-state index is 5.57. The Kier molecular flexibility index (Phi) is 4.96. The molecule has 1 aromatic rings. The predicted octanol–water partition coefficient (Wildman–Crippen LogP) is 2.45. The van der Waals surface area contributed by atoms with Crippen molar-refractivity contribution in [3.63, 3.8) is 0 Å². The molecule has 1 saturated heterocycles. The maximum absolute atomic E-state index is 5.57. The molecule has 19 heavy (non-hydrogen) atoms. The number of aryl methyl sites for hydroxylation is 1. The standard InChI is InChI=1S/C14H24N4O/c1-4-6-12-17-13(15-5-2)9-14(18-12)16-11-7-8-19-10(11)3/h9-11H,4-8H2,1-3H3,(H2,15,16,17,18). The lowest BCUT2D eigenvalue weighted by molar-refractivity contribution is 0.121. The molecule has 2 unspecified atom stereocenters. The van der Waals surface area contributed by atoms with Crippen LogP contribution < -0.4 is 10.6 Å². The summed E-state index contributed by atoms with van der Waals surface area (Å²) in [5.41, 5.74) is 0. The molecule has 0 aliphatic carbocycles. The minimum absolute atomic E-state index is 0.243. The summed E-state index contributed by atoms with van der Waals surface area (Å²) in [5, 5.41) is 6.73. The number of aromatic nitrogens is 2. The number of rotatable bonds is 6. The van der Waals surface area contributed by atoms with Crippen molar-refractivity contribution >= 4 is 11.6 Å². The van der Waals surface area contributed by atoms with E-state index in [9.17, 15) is 0 Å². The molecular formula is C14H24N4O. The molecule has 106 valence electrons. The molecule has 2 atom stereocenters. The van der Waals surface area contributed by atoms with Crippen molar-refractivity contribution in [2.75, 3.05) is 23.8 Å². The van der Waals surface area contributed by atoms with E-state index in [1.807, 2.05) is 6.07 Å². The van der Waals surface area contributed by atoms with Crippen LogP contribution in [-0.2, 0) is 11.2 Å². The van der Waals surface area contributed by atoms with Crippen LogP contribution in [0.3, 0.4) is 0 Å². The van der Waals surface area contributed by atoms with Crippen molar-refractivity contribution in [3.8, 4) is 0 Å². The smallest absolute Gasteiger partial charge is 0.133 e. The summed E-state index contributed by atoms with van der Waals surface area (Å²) < 4.78 is 5.57. The highest BCUT2D eigenvalue weighted by molar-refractivity contribution is 5.48. The molecule has 5 heteroatoms. The first-order valence-electron chi connectivity index (χ1n) is 7.23. The first-order chi connectivity index (χ1) is 9.22. The van der Waals surface area contributed by atoms with E-state index in [1.165, 1.54) is 0 Å². The van der Waals surface area contributed by atoms with Gasteiger partial charge in [-0.3, -0.25) is 0 Å². The Labute approximate surface area is 115 Å². The molecule has 1 aliphatic heterocycles. The fourth-order valence-corrected chi connectivity index (χ4v) is 2.29. The zero-order valence-corrected chi connectivity index (χ0v) is 12.1. The molecule has 5 nitrogen and oxygen atoms in total. The molecule has 1 fully saturated rings. The number of ether oxygens (including phenoxy) is 1. The van der Waals surface area contributed by atoms with Gasteiger partial charge in [-0.1, -0.05) is 6.92 Å². The van der Waals surface area contributed by atoms with E-state index in [4.69, 9.17) is 4.74 Å². The summed E-state index contributed by atoms with van der Waals surface area (Å²) >= 11 is 0. The van der Waals surface area contributed by atoms with Gasteiger partial charge in [0.1, 0.15) is 17.5 Å². The molecule has 0 bridgehead atoms. The summed E-state index contributed by atoms with van der Waals surface area (Å²) in [5.74, 6) is 2.70. The van der Waals surface area contributed by atoms with Gasteiger partial charge in [0.05, 0.1) is 12.1 Å². The van der Waals surface area contributed by atoms with Crippen LogP contribution in [0.15, 0.2) is 6.07 Å². The minimum atomic E-state index is 0.243. The van der Waals surface area contributed by atoms with Gasteiger partial charge in [-0.2, -0.15) is 0 Å². The normalized spacial score (nSPS) is 22.5. The van der Waals surface area contributed by atoms with Crippen molar-refractivity contribution in [1.29, 1.82) is 0 Å². The van der Waals surface area contributed by atoms with Crippen molar-refractivity contribution < 1.29 is 4.74 Å². The highest BCUT2D eigenvalue weighted by Gasteiger charge is 2.24. The van der Waals surface area contributed by atoms with Gasteiger partial charge in [0.15, 0.2) is 0 Å². The Bertz CT molecular complexity index is 386. The van der Waals surface area contributed by atoms with Crippen molar-refractivity contribution in [3.05, 3.63) is 11.9 Å². The summed E-state index contributed by atoms with van der Waals surface area (Å²) in [4.78, 5) is 9.10. The van der Waals surface area contributed by atoms with Gasteiger partial charge in [-0.15, -0.1) is 0 Å². The summed E-state index contributed by atoms with van der Waals surface area (Å²) in [6, 6.07) is 2.33. The molecule has 1 aliphatic rings. The topological polar surface area (TPSA) is 59.1 Å². The van der Waals surface area contributed by atoms with Gasteiger partial charge in [0, 0.05) is 25.6 Å². The van der Waals surface area contributed by atoms with E-state index >= 15 is 0 Å². The van der Waals surface area contributed by atoms with Crippen LogP contribution in [-0.4, -0.2) is 35.3 Å². The third-order valence-corrected chi connectivity index (χ3v) is 3.31. The third-order valence-electron chi connectivity index (χ3n) is 3.31. The zero-order chi connectivity index (χ0) is 13.7. The Morgan fingerprint density at radius 1 is 1.32 bits per heavy atom. The van der Waals surface area contributed by atoms with Crippen LogP contribution in [0.1, 0.15) is 39.4 Å². The van der Waals surface area contributed by atoms with E-state index < -0.39 is 0 Å². The van der Waals surface area contributed by atoms with Crippen LogP contribution in [0.2, 0.25) is 0 Å². The zero-order valence-electron chi connectivity index (χ0n) is 12.1. The number of hydrogen-bond donors (Lipinski definition) is 2.